The maximum atomic E-state index is 13.9. The second-order valence-electron chi connectivity index (χ2n) is 14.9. The highest BCUT2D eigenvalue weighted by Crippen LogP contribution is 2.46. The summed E-state index contributed by atoms with van der Waals surface area (Å²) in [5.74, 6) is -3.45. The molecule has 3 atom stereocenters. The fourth-order valence-electron chi connectivity index (χ4n) is 8.00. The van der Waals surface area contributed by atoms with E-state index in [-0.39, 0.29) is 75.5 Å². The van der Waals surface area contributed by atoms with Crippen molar-refractivity contribution in [2.24, 2.45) is 5.73 Å². The number of pyridine rings is 2. The first-order valence-corrected chi connectivity index (χ1v) is 20.1. The van der Waals surface area contributed by atoms with E-state index in [0.29, 0.717) is 52.9 Å². The lowest BCUT2D eigenvalue weighted by Gasteiger charge is -2.31. The van der Waals surface area contributed by atoms with Gasteiger partial charge in [0.05, 0.1) is 61.2 Å². The predicted octanol–water partition coefficient (Wildman–Crippen LogP) is 1.04. The number of nitrogens with one attached hydrogen (secondary N) is 5. The van der Waals surface area contributed by atoms with E-state index in [9.17, 15) is 43.1 Å². The molecule has 1 aliphatic carbocycles. The van der Waals surface area contributed by atoms with Crippen LogP contribution in [0, 0.1) is 0 Å². The molecular formula is C43H49FN8O9. The number of esters is 1. The van der Waals surface area contributed by atoms with E-state index in [0.717, 1.165) is 11.1 Å². The summed E-state index contributed by atoms with van der Waals surface area (Å²) in [6.07, 6.45) is 4.94. The molecular weight excluding hydrogens is 792 g/mol. The van der Waals surface area contributed by atoms with E-state index in [1.54, 1.807) is 43.3 Å². The molecule has 3 aliphatic rings. The summed E-state index contributed by atoms with van der Waals surface area (Å²) in [6, 6.07) is 8.93. The van der Waals surface area contributed by atoms with Gasteiger partial charge in [0.25, 0.3) is 5.56 Å². The standard InChI is InChI=1S/C43H49FN8O9/c1-3-25-12-13-29(38-26-22-52-32(39(26)51-30(14-15-44)37(25)38)18-28-27(41(52)58)23-61-42(59)43(28,60)4-2)49-33(53)11-8-16-46-35(55)20-48-40(57)31(17-24-9-6-5-7-10-24)50-36(56)21-47-34(54)19-45/h3,5-7,9-10,14-15,18,29,31,60H,4,8,11-13,16-17,19-23,45H2,1-2H3,(H,46,55)(H,47,54)(H,48,57)(H,49,53)(H,50,56)/b15-14+,25-3+/t29-,31-,43-/m0/s1. The number of allylic oxidation sites excluding steroid dienone is 2. The number of carbonyl (C=O) groups is 6. The van der Waals surface area contributed by atoms with E-state index in [1.165, 1.54) is 10.6 Å². The van der Waals surface area contributed by atoms with Crippen LogP contribution in [0.15, 0.2) is 53.6 Å². The summed E-state index contributed by atoms with van der Waals surface area (Å²) in [5.41, 5.74) is 7.77. The quantitative estimate of drug-likeness (QED) is 0.0620. The molecule has 18 heteroatoms. The highest BCUT2D eigenvalue weighted by atomic mass is 19.1. The van der Waals surface area contributed by atoms with Crippen LogP contribution in [0.1, 0.15) is 91.1 Å². The topological polar surface area (TPSA) is 253 Å². The molecule has 2 aromatic heterocycles. The van der Waals surface area contributed by atoms with E-state index in [2.05, 4.69) is 26.6 Å². The van der Waals surface area contributed by atoms with Crippen LogP contribution in [0.2, 0.25) is 0 Å². The SMILES string of the molecule is C/C=C1\CC[C@H](NC(=O)CCCNC(=O)CNC(=O)[C@H](Cc2ccccc2)NC(=O)CNC(=O)CN)c2c3c(nc(/C=C/F)c21)-c1cc2c(c(=O)n1C3)COC(=O)[C@]2(O)CC. The number of hydrogen-bond acceptors (Lipinski definition) is 11. The fourth-order valence-corrected chi connectivity index (χ4v) is 8.00. The zero-order valence-corrected chi connectivity index (χ0v) is 33.9. The number of nitrogens with zero attached hydrogens (tertiary/aromatic N) is 2. The molecule has 322 valence electrons. The molecule has 5 amide bonds. The molecule has 17 nitrogen and oxygen atoms in total. The molecule has 0 saturated carbocycles. The first-order valence-electron chi connectivity index (χ1n) is 20.1. The summed E-state index contributed by atoms with van der Waals surface area (Å²) in [4.78, 5) is 94.6. The number of benzene rings is 1. The third-order valence-corrected chi connectivity index (χ3v) is 11.1. The average molecular weight is 841 g/mol. The van der Waals surface area contributed by atoms with Gasteiger partial charge in [0.15, 0.2) is 5.60 Å². The van der Waals surface area contributed by atoms with Crippen LogP contribution in [-0.2, 0) is 58.7 Å². The minimum absolute atomic E-state index is 0.0291. The molecule has 0 bridgehead atoms. The van der Waals surface area contributed by atoms with Gasteiger partial charge in [0, 0.05) is 36.1 Å². The number of rotatable bonds is 16. The molecule has 0 spiro atoms. The molecule has 2 aliphatic heterocycles. The molecule has 0 unspecified atom stereocenters. The van der Waals surface area contributed by atoms with E-state index >= 15 is 0 Å². The third-order valence-electron chi connectivity index (χ3n) is 11.1. The lowest BCUT2D eigenvalue weighted by molar-refractivity contribution is -0.172. The van der Waals surface area contributed by atoms with Gasteiger partial charge in [0.2, 0.25) is 29.5 Å². The van der Waals surface area contributed by atoms with Crippen LogP contribution >= 0.6 is 0 Å². The highest BCUT2D eigenvalue weighted by Gasteiger charge is 2.46. The van der Waals surface area contributed by atoms with Crippen molar-refractivity contribution in [3.05, 3.63) is 98.2 Å². The van der Waals surface area contributed by atoms with Crippen LogP contribution in [-0.4, -0.2) is 82.4 Å². The fraction of sp³-hybridized carbons (Fsp3) is 0.395. The minimum Gasteiger partial charge on any atom is -0.458 e. The second-order valence-corrected chi connectivity index (χ2v) is 14.9. The van der Waals surface area contributed by atoms with Crippen LogP contribution in [0.25, 0.3) is 23.0 Å². The summed E-state index contributed by atoms with van der Waals surface area (Å²) in [6.45, 7) is 2.30. The third kappa shape index (κ3) is 9.44. The highest BCUT2D eigenvalue weighted by molar-refractivity contribution is 5.92. The second kappa shape index (κ2) is 19.2. The van der Waals surface area contributed by atoms with Gasteiger partial charge in [0.1, 0.15) is 12.6 Å². The number of fused-ring (bicyclic) bond motifs is 6. The zero-order valence-electron chi connectivity index (χ0n) is 33.9. The predicted molar refractivity (Wildman–Crippen MR) is 220 cm³/mol. The summed E-state index contributed by atoms with van der Waals surface area (Å²) in [5, 5.41) is 24.5. The number of aliphatic hydroxyl groups is 1. The van der Waals surface area contributed by atoms with Gasteiger partial charge >= 0.3 is 5.97 Å². The molecule has 1 aromatic carbocycles. The van der Waals surface area contributed by atoms with E-state index < -0.39 is 59.4 Å². The Morgan fingerprint density at radius 2 is 1.80 bits per heavy atom. The number of cyclic esters (lactones) is 1. The number of nitrogens with two attached hydrogens (primary N) is 1. The zero-order chi connectivity index (χ0) is 43.8. The number of aromatic nitrogens is 2. The Bertz CT molecular complexity index is 2360. The van der Waals surface area contributed by atoms with Crippen molar-refractivity contribution in [1.29, 1.82) is 0 Å². The van der Waals surface area contributed by atoms with Crippen LogP contribution in [0.5, 0.6) is 0 Å². The van der Waals surface area contributed by atoms with Crippen molar-refractivity contribution < 1.29 is 43.0 Å². The Hall–Kier alpha value is -6.53. The number of ether oxygens (including phenoxy) is 1. The molecule has 0 radical (unpaired) electrons. The van der Waals surface area contributed by atoms with E-state index in [4.69, 9.17) is 15.5 Å². The first kappa shape index (κ1) is 44.0. The van der Waals surface area contributed by atoms with Crippen molar-refractivity contribution >= 4 is 47.2 Å². The molecule has 8 N–H and O–H groups in total. The average Bonchev–Trinajstić information content (AvgIpc) is 3.63. The molecule has 0 fully saturated rings. The van der Waals surface area contributed by atoms with Gasteiger partial charge in [-0.05, 0) is 61.4 Å². The van der Waals surface area contributed by atoms with Gasteiger partial charge in [-0.15, -0.1) is 0 Å². The van der Waals surface area contributed by atoms with Crippen molar-refractivity contribution in [2.45, 2.75) is 83.2 Å². The summed E-state index contributed by atoms with van der Waals surface area (Å²) in [7, 11) is 0. The maximum absolute atomic E-state index is 13.9. The number of hydrogen-bond donors (Lipinski definition) is 7. The van der Waals surface area contributed by atoms with Crippen molar-refractivity contribution in [2.75, 3.05) is 26.2 Å². The van der Waals surface area contributed by atoms with Crippen molar-refractivity contribution in [3.8, 4) is 11.4 Å². The van der Waals surface area contributed by atoms with Crippen LogP contribution in [0.3, 0.4) is 0 Å². The largest absolute Gasteiger partial charge is 0.458 e. The Labute approximate surface area is 350 Å². The summed E-state index contributed by atoms with van der Waals surface area (Å²) >= 11 is 0. The smallest absolute Gasteiger partial charge is 0.343 e. The molecule has 4 heterocycles. The molecule has 61 heavy (non-hydrogen) atoms. The van der Waals surface area contributed by atoms with Gasteiger partial charge in [-0.1, -0.05) is 43.3 Å². The Balaban J connectivity index is 1.10. The first-order chi connectivity index (χ1) is 29.3. The van der Waals surface area contributed by atoms with E-state index in [1.807, 2.05) is 13.0 Å². The molecule has 0 saturated heterocycles. The normalized spacial score (nSPS) is 18.5. The Kier molecular flexibility index (Phi) is 13.9. The maximum Gasteiger partial charge on any atom is 0.343 e. The number of halogens is 1. The monoisotopic (exact) mass is 840 g/mol. The Morgan fingerprint density at radius 3 is 2.51 bits per heavy atom. The minimum atomic E-state index is -2.03. The van der Waals surface area contributed by atoms with Gasteiger partial charge < -0.3 is 46.7 Å². The number of amides is 5. The van der Waals surface area contributed by atoms with Gasteiger partial charge in [-0.3, -0.25) is 28.8 Å². The molecule has 3 aromatic rings. The Morgan fingerprint density at radius 1 is 1.05 bits per heavy atom. The molecule has 6 rings (SSSR count). The van der Waals surface area contributed by atoms with Crippen molar-refractivity contribution in [3.63, 3.8) is 0 Å². The lowest BCUT2D eigenvalue weighted by atomic mass is 9.79. The number of carbonyl (C=O) groups excluding carboxylic acids is 6. The summed E-state index contributed by atoms with van der Waals surface area (Å²) < 4.78 is 20.6. The van der Waals surface area contributed by atoms with Crippen LogP contribution in [0.4, 0.5) is 4.39 Å². The van der Waals surface area contributed by atoms with Crippen LogP contribution < -0.4 is 37.9 Å². The lowest BCUT2D eigenvalue weighted by Crippen LogP contribution is -2.52. The van der Waals surface area contributed by atoms with Crippen molar-refractivity contribution in [1.82, 2.24) is 36.1 Å². The van der Waals surface area contributed by atoms with Gasteiger partial charge in [-0.2, -0.15) is 0 Å². The van der Waals surface area contributed by atoms with Gasteiger partial charge in [-0.25, -0.2) is 14.2 Å².